The molecule has 1 heterocycles. The van der Waals surface area contributed by atoms with E-state index in [4.69, 9.17) is 5.73 Å². The minimum absolute atomic E-state index is 0. The summed E-state index contributed by atoms with van der Waals surface area (Å²) in [5.41, 5.74) is 6.32. The molecule has 0 radical (unpaired) electrons. The first-order chi connectivity index (χ1) is 9.50. The molecule has 1 aromatic carbocycles. The summed E-state index contributed by atoms with van der Waals surface area (Å²) < 4.78 is 0.948. The zero-order valence-electron chi connectivity index (χ0n) is 11.8. The molecule has 21 heavy (non-hydrogen) atoms. The molecule has 2 rings (SSSR count). The van der Waals surface area contributed by atoms with Crippen LogP contribution < -0.4 is 5.73 Å². The predicted octanol–water partition coefficient (Wildman–Crippen LogP) is 1.34. The van der Waals surface area contributed by atoms with Crippen LogP contribution in [-0.4, -0.2) is 53.8 Å². The van der Waals surface area contributed by atoms with Crippen LogP contribution in [0.15, 0.2) is 24.3 Å². The van der Waals surface area contributed by atoms with E-state index in [1.54, 1.807) is 16.7 Å². The Morgan fingerprint density at radius 3 is 2.19 bits per heavy atom. The van der Waals surface area contributed by atoms with Gasteiger partial charge in [0.15, 0.2) is 0 Å². The molecule has 2 amide bonds. The van der Waals surface area contributed by atoms with Crippen molar-refractivity contribution in [3.8, 4) is 0 Å². The number of carbonyl (C=O) groups is 2. The van der Waals surface area contributed by atoms with Crippen LogP contribution >= 0.6 is 35.0 Å². The van der Waals surface area contributed by atoms with Crippen molar-refractivity contribution in [2.24, 2.45) is 5.73 Å². The summed E-state index contributed by atoms with van der Waals surface area (Å²) in [4.78, 5) is 27.7. The van der Waals surface area contributed by atoms with Crippen molar-refractivity contribution < 1.29 is 9.59 Å². The van der Waals surface area contributed by atoms with Gasteiger partial charge in [0.05, 0.1) is 11.6 Å². The maximum absolute atomic E-state index is 12.4. The molecule has 1 fully saturated rings. The molecule has 0 aliphatic carbocycles. The number of piperazine rings is 1. The first-order valence-electron chi connectivity index (χ1n) is 6.59. The Kier molecular flexibility index (Phi) is 6.89. The first-order valence-corrected chi connectivity index (χ1v) is 7.66. The van der Waals surface area contributed by atoms with Gasteiger partial charge in [0.1, 0.15) is 0 Å². The molecule has 0 bridgehead atoms. The van der Waals surface area contributed by atoms with Gasteiger partial charge in [0.2, 0.25) is 5.91 Å². The molecule has 0 saturated carbocycles. The van der Waals surface area contributed by atoms with Crippen LogP contribution in [0.5, 0.6) is 0 Å². The van der Waals surface area contributed by atoms with Crippen molar-refractivity contribution in [3.05, 3.63) is 33.4 Å². The van der Waals surface area contributed by atoms with Gasteiger partial charge < -0.3 is 15.5 Å². The number of nitrogens with two attached hydrogens (primary N) is 1. The van der Waals surface area contributed by atoms with E-state index in [1.165, 1.54) is 0 Å². The molecule has 0 aromatic heterocycles. The molecule has 1 atom stereocenters. The molecule has 5 nitrogen and oxygen atoms in total. The third-order valence-electron chi connectivity index (χ3n) is 3.37. The maximum Gasteiger partial charge on any atom is 0.255 e. The number of carbonyl (C=O) groups excluding carboxylic acids is 2. The van der Waals surface area contributed by atoms with Crippen LogP contribution in [0.4, 0.5) is 0 Å². The van der Waals surface area contributed by atoms with Crippen LogP contribution in [0.2, 0.25) is 0 Å². The zero-order chi connectivity index (χ0) is 14.7. The van der Waals surface area contributed by atoms with E-state index < -0.39 is 6.04 Å². The molecular formula is C14H19ClIN3O2. The molecule has 0 unspecified atom stereocenters. The van der Waals surface area contributed by atoms with Crippen LogP contribution in [0, 0.1) is 3.57 Å². The number of rotatable bonds is 2. The lowest BCUT2D eigenvalue weighted by Crippen LogP contribution is -2.53. The van der Waals surface area contributed by atoms with E-state index in [1.807, 2.05) is 24.3 Å². The zero-order valence-corrected chi connectivity index (χ0v) is 14.8. The quantitative estimate of drug-likeness (QED) is 0.730. The van der Waals surface area contributed by atoms with Crippen LogP contribution in [-0.2, 0) is 4.79 Å². The Morgan fingerprint density at radius 2 is 1.67 bits per heavy atom. The van der Waals surface area contributed by atoms with Crippen molar-refractivity contribution in [1.82, 2.24) is 9.80 Å². The molecule has 1 aliphatic heterocycles. The minimum Gasteiger partial charge on any atom is -0.338 e. The Hall–Kier alpha value is -0.860. The van der Waals surface area contributed by atoms with Crippen LogP contribution in [0.3, 0.4) is 0 Å². The lowest BCUT2D eigenvalue weighted by atomic mass is 10.1. The summed E-state index contributed by atoms with van der Waals surface area (Å²) in [6.07, 6.45) is 0. The second-order valence-electron chi connectivity index (χ2n) is 4.89. The van der Waals surface area contributed by atoms with E-state index in [0.717, 1.165) is 9.13 Å². The highest BCUT2D eigenvalue weighted by atomic mass is 127. The van der Waals surface area contributed by atoms with Crippen molar-refractivity contribution in [2.45, 2.75) is 13.0 Å². The van der Waals surface area contributed by atoms with Gasteiger partial charge >= 0.3 is 0 Å². The fourth-order valence-electron chi connectivity index (χ4n) is 2.22. The van der Waals surface area contributed by atoms with Crippen molar-refractivity contribution in [2.75, 3.05) is 26.2 Å². The summed E-state index contributed by atoms with van der Waals surface area (Å²) >= 11 is 2.17. The van der Waals surface area contributed by atoms with E-state index in [-0.39, 0.29) is 24.2 Å². The molecule has 0 spiro atoms. The largest absolute Gasteiger partial charge is 0.338 e. The SMILES string of the molecule is C[C@@H](N)C(=O)N1CCN(C(=O)c2ccccc2I)CC1.Cl. The fourth-order valence-corrected chi connectivity index (χ4v) is 2.84. The fraction of sp³-hybridized carbons (Fsp3) is 0.429. The van der Waals surface area contributed by atoms with Gasteiger partial charge in [-0.05, 0) is 41.6 Å². The van der Waals surface area contributed by atoms with Crippen LogP contribution in [0.25, 0.3) is 0 Å². The average molecular weight is 424 g/mol. The van der Waals surface area contributed by atoms with E-state index in [2.05, 4.69) is 22.6 Å². The third kappa shape index (κ3) is 4.31. The van der Waals surface area contributed by atoms with Gasteiger partial charge in [0, 0.05) is 29.7 Å². The molecule has 2 N–H and O–H groups in total. The lowest BCUT2D eigenvalue weighted by Gasteiger charge is -2.35. The molecule has 1 aliphatic rings. The van der Waals surface area contributed by atoms with Gasteiger partial charge in [0.25, 0.3) is 5.91 Å². The highest BCUT2D eigenvalue weighted by Gasteiger charge is 2.26. The molecule has 116 valence electrons. The topological polar surface area (TPSA) is 66.6 Å². The maximum atomic E-state index is 12.4. The Balaban J connectivity index is 0.00000220. The van der Waals surface area contributed by atoms with E-state index in [9.17, 15) is 9.59 Å². The van der Waals surface area contributed by atoms with Crippen LogP contribution in [0.1, 0.15) is 17.3 Å². The van der Waals surface area contributed by atoms with Crippen molar-refractivity contribution in [1.29, 1.82) is 0 Å². The minimum atomic E-state index is -0.479. The standard InChI is InChI=1S/C14H18IN3O2.ClH/c1-10(16)13(19)17-6-8-18(9-7-17)14(20)11-4-2-3-5-12(11)15;/h2-5,10H,6-9,16H2,1H3;1H/t10-;/m1./s1. The van der Waals surface area contributed by atoms with Gasteiger partial charge in [-0.2, -0.15) is 0 Å². The lowest BCUT2D eigenvalue weighted by molar-refractivity contribution is -0.133. The first kappa shape index (κ1) is 18.2. The predicted molar refractivity (Wildman–Crippen MR) is 92.5 cm³/mol. The highest BCUT2D eigenvalue weighted by molar-refractivity contribution is 14.1. The number of nitrogens with zero attached hydrogens (tertiary/aromatic N) is 2. The summed E-state index contributed by atoms with van der Waals surface area (Å²) in [5.74, 6) is -0.0192. The molecular weight excluding hydrogens is 405 g/mol. The normalized spacial score (nSPS) is 16.1. The number of benzene rings is 1. The van der Waals surface area contributed by atoms with Crippen molar-refractivity contribution >= 4 is 46.8 Å². The van der Waals surface area contributed by atoms with Gasteiger partial charge in [-0.3, -0.25) is 9.59 Å². The Bertz CT molecular complexity index is 517. The van der Waals surface area contributed by atoms with Crippen molar-refractivity contribution in [3.63, 3.8) is 0 Å². The highest BCUT2D eigenvalue weighted by Crippen LogP contribution is 2.15. The van der Waals surface area contributed by atoms with E-state index in [0.29, 0.717) is 26.2 Å². The smallest absolute Gasteiger partial charge is 0.255 e. The number of hydrogen-bond donors (Lipinski definition) is 1. The third-order valence-corrected chi connectivity index (χ3v) is 4.31. The second kappa shape index (κ2) is 7.95. The molecule has 1 aromatic rings. The monoisotopic (exact) mass is 423 g/mol. The second-order valence-corrected chi connectivity index (χ2v) is 6.05. The Labute approximate surface area is 144 Å². The summed E-state index contributed by atoms with van der Waals surface area (Å²) in [7, 11) is 0. The molecule has 1 saturated heterocycles. The summed E-state index contributed by atoms with van der Waals surface area (Å²) in [6.45, 7) is 3.90. The summed E-state index contributed by atoms with van der Waals surface area (Å²) in [6, 6.07) is 7.06. The molecule has 7 heteroatoms. The van der Waals surface area contributed by atoms with Gasteiger partial charge in [-0.15, -0.1) is 12.4 Å². The van der Waals surface area contributed by atoms with Gasteiger partial charge in [-0.1, -0.05) is 12.1 Å². The number of amides is 2. The average Bonchev–Trinajstić information content (AvgIpc) is 2.46. The Morgan fingerprint density at radius 1 is 1.14 bits per heavy atom. The van der Waals surface area contributed by atoms with E-state index >= 15 is 0 Å². The number of halogens is 2. The number of hydrogen-bond acceptors (Lipinski definition) is 3. The van der Waals surface area contributed by atoms with Gasteiger partial charge in [-0.25, -0.2) is 0 Å². The summed E-state index contributed by atoms with van der Waals surface area (Å²) in [5, 5.41) is 0.